The predicted molar refractivity (Wildman–Crippen MR) is 65.1 cm³/mol. The third kappa shape index (κ3) is 3.04. The molecule has 0 N–H and O–H groups in total. The van der Waals surface area contributed by atoms with Gasteiger partial charge >= 0.3 is 6.01 Å². The van der Waals surface area contributed by atoms with Gasteiger partial charge in [0.05, 0.1) is 12.2 Å². The fourth-order valence-corrected chi connectivity index (χ4v) is 1.34. The van der Waals surface area contributed by atoms with Crippen LogP contribution < -0.4 is 9.47 Å². The lowest BCUT2D eigenvalue weighted by molar-refractivity contribution is 0.112. The summed E-state index contributed by atoms with van der Waals surface area (Å²) in [6.07, 6.45) is 3.49. The highest BCUT2D eigenvalue weighted by Crippen LogP contribution is 2.22. The van der Waals surface area contributed by atoms with E-state index in [2.05, 4.69) is 9.97 Å². The van der Waals surface area contributed by atoms with Gasteiger partial charge in [0.15, 0.2) is 6.29 Å². The van der Waals surface area contributed by atoms with E-state index < -0.39 is 0 Å². The Balaban J connectivity index is 2.12. The zero-order chi connectivity index (χ0) is 12.8. The summed E-state index contributed by atoms with van der Waals surface area (Å²) in [5, 5.41) is 0. The van der Waals surface area contributed by atoms with Gasteiger partial charge in [-0.25, -0.2) is 9.97 Å². The summed E-state index contributed by atoms with van der Waals surface area (Å²) < 4.78 is 10.8. The van der Waals surface area contributed by atoms with Crippen LogP contribution in [-0.4, -0.2) is 22.9 Å². The van der Waals surface area contributed by atoms with Crippen molar-refractivity contribution in [2.75, 3.05) is 6.61 Å². The maximum Gasteiger partial charge on any atom is 0.321 e. The summed E-state index contributed by atoms with van der Waals surface area (Å²) in [7, 11) is 0. The van der Waals surface area contributed by atoms with Crippen LogP contribution in [0.1, 0.15) is 17.3 Å². The van der Waals surface area contributed by atoms with Crippen molar-refractivity contribution in [1.29, 1.82) is 0 Å². The van der Waals surface area contributed by atoms with E-state index in [1.807, 2.05) is 19.1 Å². The van der Waals surface area contributed by atoms with Crippen LogP contribution in [0.2, 0.25) is 0 Å². The molecule has 5 heteroatoms. The van der Waals surface area contributed by atoms with E-state index in [-0.39, 0.29) is 6.01 Å². The van der Waals surface area contributed by atoms with Gasteiger partial charge in [0.1, 0.15) is 11.5 Å². The monoisotopic (exact) mass is 244 g/mol. The van der Waals surface area contributed by atoms with Crippen LogP contribution in [-0.2, 0) is 0 Å². The summed E-state index contributed by atoms with van der Waals surface area (Å²) in [4.78, 5) is 18.3. The van der Waals surface area contributed by atoms with Crippen molar-refractivity contribution >= 4 is 6.29 Å². The van der Waals surface area contributed by atoms with Gasteiger partial charge in [-0.15, -0.1) is 0 Å². The fraction of sp³-hybridized carbons (Fsp3) is 0.154. The van der Waals surface area contributed by atoms with E-state index >= 15 is 0 Å². The molecule has 2 aromatic rings. The minimum absolute atomic E-state index is 0.189. The van der Waals surface area contributed by atoms with Crippen LogP contribution in [0.25, 0.3) is 0 Å². The number of nitrogens with zero attached hydrogens (tertiary/aromatic N) is 2. The molecule has 0 amide bonds. The average molecular weight is 244 g/mol. The quantitative estimate of drug-likeness (QED) is 0.756. The first-order valence-electron chi connectivity index (χ1n) is 5.49. The number of ether oxygens (including phenoxy) is 2. The zero-order valence-corrected chi connectivity index (χ0v) is 9.87. The van der Waals surface area contributed by atoms with Crippen LogP contribution in [0.15, 0.2) is 36.7 Å². The van der Waals surface area contributed by atoms with E-state index in [1.54, 1.807) is 12.1 Å². The maximum atomic E-state index is 10.5. The Morgan fingerprint density at radius 1 is 1.22 bits per heavy atom. The number of aldehydes is 1. The molecule has 1 heterocycles. The Bertz CT molecular complexity index is 526. The van der Waals surface area contributed by atoms with Crippen molar-refractivity contribution in [3.63, 3.8) is 0 Å². The molecule has 1 aromatic heterocycles. The molecular formula is C13H12N2O3. The van der Waals surface area contributed by atoms with E-state index in [4.69, 9.17) is 9.47 Å². The van der Waals surface area contributed by atoms with E-state index in [0.29, 0.717) is 24.2 Å². The number of hydrogen-bond acceptors (Lipinski definition) is 5. The number of carbonyl (C=O) groups is 1. The Labute approximate surface area is 104 Å². The minimum Gasteiger partial charge on any atom is -0.494 e. The largest absolute Gasteiger partial charge is 0.494 e. The highest BCUT2D eigenvalue weighted by molar-refractivity contribution is 5.73. The second-order valence-corrected chi connectivity index (χ2v) is 3.43. The van der Waals surface area contributed by atoms with Crippen molar-refractivity contribution in [3.05, 3.63) is 42.2 Å². The second-order valence-electron chi connectivity index (χ2n) is 3.43. The fourth-order valence-electron chi connectivity index (χ4n) is 1.34. The topological polar surface area (TPSA) is 61.3 Å². The molecule has 0 aliphatic carbocycles. The molecule has 0 spiro atoms. The molecule has 0 saturated carbocycles. The highest BCUT2D eigenvalue weighted by atomic mass is 16.5. The molecule has 0 atom stereocenters. The Kier molecular flexibility index (Phi) is 3.86. The number of benzene rings is 1. The van der Waals surface area contributed by atoms with Crippen molar-refractivity contribution < 1.29 is 14.3 Å². The Morgan fingerprint density at radius 2 is 1.94 bits per heavy atom. The van der Waals surface area contributed by atoms with Gasteiger partial charge in [-0.1, -0.05) is 6.07 Å². The van der Waals surface area contributed by atoms with Gasteiger partial charge in [0, 0.05) is 18.5 Å². The van der Waals surface area contributed by atoms with Crippen molar-refractivity contribution in [2.45, 2.75) is 6.92 Å². The van der Waals surface area contributed by atoms with Crippen molar-refractivity contribution in [2.24, 2.45) is 0 Å². The Hall–Kier alpha value is -2.43. The lowest BCUT2D eigenvalue weighted by Crippen LogP contribution is -1.94. The predicted octanol–water partition coefficient (Wildman–Crippen LogP) is 2.48. The SMILES string of the molecule is CCOc1cccc(Oc2ncc(C=O)cn2)c1. The molecule has 0 fully saturated rings. The molecule has 0 saturated heterocycles. The van der Waals surface area contributed by atoms with E-state index in [0.717, 1.165) is 5.75 Å². The van der Waals surface area contributed by atoms with E-state index in [9.17, 15) is 4.79 Å². The smallest absolute Gasteiger partial charge is 0.321 e. The Morgan fingerprint density at radius 3 is 2.61 bits per heavy atom. The third-order valence-electron chi connectivity index (χ3n) is 2.11. The lowest BCUT2D eigenvalue weighted by Gasteiger charge is -2.06. The number of carbonyl (C=O) groups excluding carboxylic acids is 1. The molecule has 0 radical (unpaired) electrons. The van der Waals surface area contributed by atoms with Gasteiger partial charge in [-0.3, -0.25) is 4.79 Å². The van der Waals surface area contributed by atoms with Crippen molar-refractivity contribution in [1.82, 2.24) is 9.97 Å². The number of rotatable bonds is 5. The molecule has 92 valence electrons. The maximum absolute atomic E-state index is 10.5. The molecule has 0 aliphatic rings. The van der Waals surface area contributed by atoms with Gasteiger partial charge in [-0.05, 0) is 19.1 Å². The third-order valence-corrected chi connectivity index (χ3v) is 2.11. The summed E-state index contributed by atoms with van der Waals surface area (Å²) in [6.45, 7) is 2.50. The summed E-state index contributed by atoms with van der Waals surface area (Å²) in [5.74, 6) is 1.30. The molecule has 0 aliphatic heterocycles. The van der Waals surface area contributed by atoms with Gasteiger partial charge < -0.3 is 9.47 Å². The lowest BCUT2D eigenvalue weighted by atomic mass is 10.3. The van der Waals surface area contributed by atoms with Gasteiger partial charge in [0.25, 0.3) is 0 Å². The van der Waals surface area contributed by atoms with Crippen LogP contribution in [0.4, 0.5) is 0 Å². The number of aromatic nitrogens is 2. The van der Waals surface area contributed by atoms with Gasteiger partial charge in [-0.2, -0.15) is 0 Å². The number of hydrogen-bond donors (Lipinski definition) is 0. The van der Waals surface area contributed by atoms with Crippen LogP contribution in [0, 0.1) is 0 Å². The molecule has 1 aromatic carbocycles. The molecule has 0 bridgehead atoms. The first-order valence-corrected chi connectivity index (χ1v) is 5.49. The minimum atomic E-state index is 0.189. The van der Waals surface area contributed by atoms with Crippen LogP contribution >= 0.6 is 0 Å². The summed E-state index contributed by atoms with van der Waals surface area (Å²) in [6, 6.07) is 7.38. The van der Waals surface area contributed by atoms with Crippen molar-refractivity contribution in [3.8, 4) is 17.5 Å². The summed E-state index contributed by atoms with van der Waals surface area (Å²) in [5.41, 5.74) is 0.408. The molecule has 0 unspecified atom stereocenters. The van der Waals surface area contributed by atoms with Gasteiger partial charge in [0.2, 0.25) is 0 Å². The standard InChI is InChI=1S/C13H12N2O3/c1-2-17-11-4-3-5-12(6-11)18-13-14-7-10(9-16)8-15-13/h3-9H,2H2,1H3. The summed E-state index contributed by atoms with van der Waals surface area (Å²) >= 11 is 0. The second kappa shape index (κ2) is 5.77. The highest BCUT2D eigenvalue weighted by Gasteiger charge is 2.02. The first-order chi connectivity index (χ1) is 8.81. The van der Waals surface area contributed by atoms with Crippen LogP contribution in [0.3, 0.4) is 0 Å². The zero-order valence-electron chi connectivity index (χ0n) is 9.87. The normalized spacial score (nSPS) is 9.83. The molecule has 2 rings (SSSR count). The average Bonchev–Trinajstić information content (AvgIpc) is 2.40. The van der Waals surface area contributed by atoms with Crippen LogP contribution in [0.5, 0.6) is 17.5 Å². The molecule has 18 heavy (non-hydrogen) atoms. The van der Waals surface area contributed by atoms with E-state index in [1.165, 1.54) is 12.4 Å². The molecular weight excluding hydrogens is 232 g/mol. The molecule has 5 nitrogen and oxygen atoms in total. The first kappa shape index (κ1) is 12.0.